The first kappa shape index (κ1) is 10.8. The average Bonchev–Trinajstić information content (AvgIpc) is 2.78. The number of likely N-dealkylation sites (N-methyl/N-ethyl adjacent to an activating group) is 1. The van der Waals surface area contributed by atoms with E-state index < -0.39 is 0 Å². The van der Waals surface area contributed by atoms with E-state index in [0.29, 0.717) is 17.7 Å². The number of hydrogen-bond acceptors (Lipinski definition) is 5. The van der Waals surface area contributed by atoms with E-state index in [9.17, 15) is 0 Å². The van der Waals surface area contributed by atoms with E-state index in [-0.39, 0.29) is 0 Å². The van der Waals surface area contributed by atoms with E-state index in [2.05, 4.69) is 20.2 Å². The van der Waals surface area contributed by atoms with E-state index in [1.165, 1.54) is 0 Å². The summed E-state index contributed by atoms with van der Waals surface area (Å²) in [6.45, 7) is 1.90. The molecule has 1 aromatic rings. The Labute approximate surface area is 95.1 Å². The Bertz CT molecular complexity index is 398. The zero-order chi connectivity index (χ0) is 11.4. The first-order valence-electron chi connectivity index (χ1n) is 5.49. The Morgan fingerprint density at radius 3 is 3.31 bits per heavy atom. The normalized spacial score (nSPS) is 19.8. The van der Waals surface area contributed by atoms with Crippen molar-refractivity contribution < 1.29 is 0 Å². The third-order valence-corrected chi connectivity index (χ3v) is 2.83. The third kappa shape index (κ3) is 2.12. The van der Waals surface area contributed by atoms with Crippen LogP contribution in [0.5, 0.6) is 0 Å². The number of nitriles is 1. The number of aromatic nitrogens is 2. The Morgan fingerprint density at radius 2 is 2.56 bits per heavy atom. The van der Waals surface area contributed by atoms with Crippen molar-refractivity contribution in [3.8, 4) is 6.07 Å². The molecule has 0 spiro atoms. The van der Waals surface area contributed by atoms with Crippen molar-refractivity contribution in [2.75, 3.05) is 25.0 Å². The van der Waals surface area contributed by atoms with Gasteiger partial charge in [-0.1, -0.05) is 0 Å². The predicted molar refractivity (Wildman–Crippen MR) is 61.0 cm³/mol. The summed E-state index contributed by atoms with van der Waals surface area (Å²) in [5.74, 6) is 0.678. The van der Waals surface area contributed by atoms with Gasteiger partial charge in [-0.15, -0.1) is 0 Å². The number of nitrogens with one attached hydrogen (secondary N) is 1. The van der Waals surface area contributed by atoms with Crippen LogP contribution in [0.25, 0.3) is 0 Å². The fraction of sp³-hybridized carbons (Fsp3) is 0.545. The molecule has 0 aromatic carbocycles. The first-order valence-corrected chi connectivity index (χ1v) is 5.49. The van der Waals surface area contributed by atoms with Crippen molar-refractivity contribution in [1.29, 1.82) is 5.26 Å². The van der Waals surface area contributed by atoms with Crippen LogP contribution in [0, 0.1) is 11.3 Å². The lowest BCUT2D eigenvalue weighted by Gasteiger charge is -2.24. The molecule has 16 heavy (non-hydrogen) atoms. The molecule has 1 atom stereocenters. The molecule has 0 radical (unpaired) electrons. The highest BCUT2D eigenvalue weighted by Gasteiger charge is 2.25. The Morgan fingerprint density at radius 1 is 1.69 bits per heavy atom. The quantitative estimate of drug-likeness (QED) is 0.800. The molecule has 1 aromatic heterocycles. The standard InChI is InChI=1S/C11H15N5/c1-13-8-10-3-2-6-16(10)11-14-5-4-9(7-12)15-11/h4-5,10,13H,2-3,6,8H2,1H3. The van der Waals surface area contributed by atoms with Crippen molar-refractivity contribution in [3.63, 3.8) is 0 Å². The van der Waals surface area contributed by atoms with Gasteiger partial charge in [0.2, 0.25) is 5.95 Å². The highest BCUT2D eigenvalue weighted by atomic mass is 15.3. The third-order valence-electron chi connectivity index (χ3n) is 2.83. The van der Waals surface area contributed by atoms with Gasteiger partial charge in [0.15, 0.2) is 0 Å². The van der Waals surface area contributed by atoms with Crippen molar-refractivity contribution >= 4 is 5.95 Å². The molecule has 0 bridgehead atoms. The molecule has 1 fully saturated rings. The Kier molecular flexibility index (Phi) is 3.32. The molecule has 0 saturated carbocycles. The number of rotatable bonds is 3. The highest BCUT2D eigenvalue weighted by Crippen LogP contribution is 2.21. The fourth-order valence-corrected chi connectivity index (χ4v) is 2.10. The highest BCUT2D eigenvalue weighted by molar-refractivity contribution is 5.36. The summed E-state index contributed by atoms with van der Waals surface area (Å²) in [5, 5.41) is 12.0. The maximum absolute atomic E-state index is 8.80. The number of anilines is 1. The molecule has 1 N–H and O–H groups in total. The molecule has 2 rings (SSSR count). The van der Waals surface area contributed by atoms with Gasteiger partial charge in [-0.3, -0.25) is 0 Å². The van der Waals surface area contributed by atoms with E-state index in [1.54, 1.807) is 12.3 Å². The summed E-state index contributed by atoms with van der Waals surface area (Å²) in [7, 11) is 1.95. The molecule has 5 heteroatoms. The summed E-state index contributed by atoms with van der Waals surface area (Å²) < 4.78 is 0. The van der Waals surface area contributed by atoms with Gasteiger partial charge in [-0.2, -0.15) is 5.26 Å². The molecule has 1 aliphatic rings. The molecular weight excluding hydrogens is 202 g/mol. The molecule has 2 heterocycles. The summed E-state index contributed by atoms with van der Waals surface area (Å²) in [6, 6.07) is 4.12. The summed E-state index contributed by atoms with van der Waals surface area (Å²) >= 11 is 0. The largest absolute Gasteiger partial charge is 0.337 e. The monoisotopic (exact) mass is 217 g/mol. The maximum Gasteiger partial charge on any atom is 0.226 e. The van der Waals surface area contributed by atoms with Crippen LogP contribution in [-0.4, -0.2) is 36.1 Å². The van der Waals surface area contributed by atoms with Gasteiger partial charge in [0, 0.05) is 25.3 Å². The smallest absolute Gasteiger partial charge is 0.226 e. The second kappa shape index (κ2) is 4.90. The minimum atomic E-state index is 0.431. The van der Waals surface area contributed by atoms with Crippen LogP contribution in [-0.2, 0) is 0 Å². The van der Waals surface area contributed by atoms with Crippen LogP contribution in [0.15, 0.2) is 12.3 Å². The summed E-state index contributed by atoms with van der Waals surface area (Å²) in [4.78, 5) is 10.6. The predicted octanol–water partition coefficient (Wildman–Crippen LogP) is 0.536. The van der Waals surface area contributed by atoms with Crippen LogP contribution in [0.1, 0.15) is 18.5 Å². The van der Waals surface area contributed by atoms with Crippen molar-refractivity contribution in [2.24, 2.45) is 0 Å². The zero-order valence-electron chi connectivity index (χ0n) is 9.35. The zero-order valence-corrected chi connectivity index (χ0v) is 9.35. The molecule has 5 nitrogen and oxygen atoms in total. The van der Waals surface area contributed by atoms with Crippen LogP contribution in [0.2, 0.25) is 0 Å². The van der Waals surface area contributed by atoms with Crippen molar-refractivity contribution in [2.45, 2.75) is 18.9 Å². The Balaban J connectivity index is 2.19. The summed E-state index contributed by atoms with van der Waals surface area (Å²) in [5.41, 5.74) is 0.431. The van der Waals surface area contributed by atoms with E-state index in [4.69, 9.17) is 5.26 Å². The Hall–Kier alpha value is -1.67. The molecule has 0 amide bonds. The minimum absolute atomic E-state index is 0.431. The lowest BCUT2D eigenvalue weighted by atomic mass is 10.2. The molecule has 1 saturated heterocycles. The second-order valence-corrected chi connectivity index (χ2v) is 3.90. The van der Waals surface area contributed by atoms with Crippen LogP contribution in [0.3, 0.4) is 0 Å². The second-order valence-electron chi connectivity index (χ2n) is 3.90. The SMILES string of the molecule is CNCC1CCCN1c1nccc(C#N)n1. The van der Waals surface area contributed by atoms with Gasteiger partial charge in [0.05, 0.1) is 0 Å². The van der Waals surface area contributed by atoms with Gasteiger partial charge in [0.25, 0.3) is 0 Å². The van der Waals surface area contributed by atoms with Crippen molar-refractivity contribution in [3.05, 3.63) is 18.0 Å². The average molecular weight is 217 g/mol. The van der Waals surface area contributed by atoms with Gasteiger partial charge >= 0.3 is 0 Å². The van der Waals surface area contributed by atoms with Crippen molar-refractivity contribution in [1.82, 2.24) is 15.3 Å². The van der Waals surface area contributed by atoms with Gasteiger partial charge in [-0.05, 0) is 26.0 Å². The number of hydrogen-bond donors (Lipinski definition) is 1. The van der Waals surface area contributed by atoms with Crippen LogP contribution < -0.4 is 10.2 Å². The molecule has 84 valence electrons. The topological polar surface area (TPSA) is 64.8 Å². The van der Waals surface area contributed by atoms with E-state index >= 15 is 0 Å². The van der Waals surface area contributed by atoms with Crippen LogP contribution in [0.4, 0.5) is 5.95 Å². The van der Waals surface area contributed by atoms with Crippen LogP contribution >= 0.6 is 0 Å². The minimum Gasteiger partial charge on any atom is -0.337 e. The van der Waals surface area contributed by atoms with Gasteiger partial charge in [-0.25, -0.2) is 9.97 Å². The maximum atomic E-state index is 8.80. The van der Waals surface area contributed by atoms with E-state index in [0.717, 1.165) is 25.9 Å². The molecule has 0 aliphatic carbocycles. The van der Waals surface area contributed by atoms with Gasteiger partial charge in [0.1, 0.15) is 11.8 Å². The lowest BCUT2D eigenvalue weighted by molar-refractivity contribution is 0.607. The van der Waals surface area contributed by atoms with Gasteiger partial charge < -0.3 is 10.2 Å². The summed E-state index contributed by atoms with van der Waals surface area (Å²) in [6.07, 6.45) is 3.96. The molecule has 1 unspecified atom stereocenters. The lowest BCUT2D eigenvalue weighted by Crippen LogP contribution is -2.37. The molecule has 1 aliphatic heterocycles. The fourth-order valence-electron chi connectivity index (χ4n) is 2.10. The first-order chi connectivity index (χ1) is 7.85. The van der Waals surface area contributed by atoms with E-state index in [1.807, 2.05) is 13.1 Å². The number of nitrogens with zero attached hydrogens (tertiary/aromatic N) is 4. The molecular formula is C11H15N5.